The van der Waals surface area contributed by atoms with E-state index in [-0.39, 0.29) is 12.5 Å². The number of benzene rings is 1. The van der Waals surface area contributed by atoms with E-state index in [1.807, 2.05) is 30.3 Å². The van der Waals surface area contributed by atoms with Crippen LogP contribution in [0.2, 0.25) is 0 Å². The molecule has 0 heterocycles. The van der Waals surface area contributed by atoms with Crippen LogP contribution in [0.3, 0.4) is 0 Å². The van der Waals surface area contributed by atoms with Crippen LogP contribution in [-0.2, 0) is 4.79 Å². The Morgan fingerprint density at radius 3 is 2.56 bits per heavy atom. The highest BCUT2D eigenvalue weighted by atomic mass is 16.5. The Kier molecular flexibility index (Phi) is 3.44. The molecule has 1 unspecified atom stereocenters. The van der Waals surface area contributed by atoms with Gasteiger partial charge < -0.3 is 9.84 Å². The number of hydrogen-bond acceptors (Lipinski definition) is 2. The van der Waals surface area contributed by atoms with Gasteiger partial charge >= 0.3 is 5.97 Å². The van der Waals surface area contributed by atoms with E-state index in [9.17, 15) is 4.79 Å². The first-order chi connectivity index (χ1) is 7.77. The van der Waals surface area contributed by atoms with Gasteiger partial charge in [0.2, 0.25) is 0 Å². The molecule has 0 aliphatic heterocycles. The van der Waals surface area contributed by atoms with Crippen LogP contribution < -0.4 is 4.74 Å². The summed E-state index contributed by atoms with van der Waals surface area (Å²) in [5, 5.41) is 9.11. The van der Waals surface area contributed by atoms with E-state index >= 15 is 0 Å². The number of aliphatic carboxylic acids is 1. The normalized spacial score (nSPS) is 17.5. The minimum Gasteiger partial charge on any atom is -0.493 e. The van der Waals surface area contributed by atoms with Gasteiger partial charge in [0, 0.05) is 0 Å². The number of hydrogen-bond donors (Lipinski definition) is 1. The van der Waals surface area contributed by atoms with Crippen molar-refractivity contribution in [1.29, 1.82) is 0 Å². The lowest BCUT2D eigenvalue weighted by atomic mass is 9.76. The Labute approximate surface area is 95.0 Å². The molecule has 2 rings (SSSR count). The predicted molar refractivity (Wildman–Crippen MR) is 60.4 cm³/mol. The SMILES string of the molecule is O=C(O)C(COc1ccccc1)C1CCC1. The number of carboxylic acid groups (broad SMARTS) is 1. The lowest BCUT2D eigenvalue weighted by Gasteiger charge is -2.30. The van der Waals surface area contributed by atoms with Gasteiger partial charge in [0.05, 0.1) is 5.92 Å². The summed E-state index contributed by atoms with van der Waals surface area (Å²) in [5.74, 6) is -0.0381. The molecule has 0 spiro atoms. The first kappa shape index (κ1) is 11.0. The molecule has 3 nitrogen and oxygen atoms in total. The molecule has 3 heteroatoms. The number of ether oxygens (including phenoxy) is 1. The maximum atomic E-state index is 11.1. The number of rotatable bonds is 5. The Hall–Kier alpha value is -1.51. The molecule has 1 aliphatic carbocycles. The van der Waals surface area contributed by atoms with Crippen LogP contribution in [0, 0.1) is 11.8 Å². The average molecular weight is 220 g/mol. The summed E-state index contributed by atoms with van der Waals surface area (Å²) >= 11 is 0. The van der Waals surface area contributed by atoms with Crippen LogP contribution in [0.5, 0.6) is 5.75 Å². The molecular weight excluding hydrogens is 204 g/mol. The highest BCUT2D eigenvalue weighted by molar-refractivity contribution is 5.70. The van der Waals surface area contributed by atoms with Crippen molar-refractivity contribution in [2.24, 2.45) is 11.8 Å². The Morgan fingerprint density at radius 2 is 2.06 bits per heavy atom. The predicted octanol–water partition coefficient (Wildman–Crippen LogP) is 2.57. The maximum Gasteiger partial charge on any atom is 0.310 e. The third-order valence-electron chi connectivity index (χ3n) is 3.21. The Morgan fingerprint density at radius 1 is 1.38 bits per heavy atom. The maximum absolute atomic E-state index is 11.1. The highest BCUT2D eigenvalue weighted by Gasteiger charge is 2.32. The summed E-state index contributed by atoms with van der Waals surface area (Å²) in [6.45, 7) is 0.282. The van der Waals surface area contributed by atoms with Crippen molar-refractivity contribution in [2.75, 3.05) is 6.61 Å². The molecule has 16 heavy (non-hydrogen) atoms. The smallest absolute Gasteiger partial charge is 0.310 e. The van der Waals surface area contributed by atoms with Gasteiger partial charge in [0.15, 0.2) is 0 Å². The van der Waals surface area contributed by atoms with Gasteiger partial charge in [0.25, 0.3) is 0 Å². The van der Waals surface area contributed by atoms with Crippen LogP contribution in [0.4, 0.5) is 0 Å². The van der Waals surface area contributed by atoms with Gasteiger partial charge in [0.1, 0.15) is 12.4 Å². The van der Waals surface area contributed by atoms with Gasteiger partial charge in [-0.25, -0.2) is 0 Å². The molecule has 1 aliphatic rings. The molecule has 1 aromatic rings. The minimum atomic E-state index is -0.736. The lowest BCUT2D eigenvalue weighted by molar-refractivity contribution is -0.146. The molecular formula is C13H16O3. The van der Waals surface area contributed by atoms with E-state index in [1.165, 1.54) is 0 Å². The third kappa shape index (κ3) is 2.54. The summed E-state index contributed by atoms with van der Waals surface area (Å²) in [5.41, 5.74) is 0. The van der Waals surface area contributed by atoms with Crippen molar-refractivity contribution in [2.45, 2.75) is 19.3 Å². The molecule has 86 valence electrons. The molecule has 1 saturated carbocycles. The lowest BCUT2D eigenvalue weighted by Crippen LogP contribution is -2.33. The van der Waals surface area contributed by atoms with Crippen LogP contribution in [0.25, 0.3) is 0 Å². The average Bonchev–Trinajstić information content (AvgIpc) is 2.22. The summed E-state index contributed by atoms with van der Waals surface area (Å²) < 4.78 is 5.51. The van der Waals surface area contributed by atoms with E-state index in [1.54, 1.807) is 0 Å². The zero-order chi connectivity index (χ0) is 11.4. The van der Waals surface area contributed by atoms with E-state index in [4.69, 9.17) is 9.84 Å². The summed E-state index contributed by atoms with van der Waals surface area (Å²) in [6.07, 6.45) is 3.20. The van der Waals surface area contributed by atoms with Gasteiger partial charge in [-0.05, 0) is 30.9 Å². The first-order valence-corrected chi connectivity index (χ1v) is 5.68. The zero-order valence-electron chi connectivity index (χ0n) is 9.13. The third-order valence-corrected chi connectivity index (χ3v) is 3.21. The molecule has 0 bridgehead atoms. The van der Waals surface area contributed by atoms with Gasteiger partial charge in [-0.1, -0.05) is 24.6 Å². The molecule has 1 aromatic carbocycles. The van der Waals surface area contributed by atoms with Crippen molar-refractivity contribution in [3.8, 4) is 5.75 Å². The van der Waals surface area contributed by atoms with Crippen molar-refractivity contribution in [3.05, 3.63) is 30.3 Å². The minimum absolute atomic E-state index is 0.282. The van der Waals surface area contributed by atoms with Crippen molar-refractivity contribution < 1.29 is 14.6 Å². The quantitative estimate of drug-likeness (QED) is 0.829. The summed E-state index contributed by atoms with van der Waals surface area (Å²) in [6, 6.07) is 9.37. The standard InChI is InChI=1S/C13H16O3/c14-13(15)12(10-5-4-6-10)9-16-11-7-2-1-3-8-11/h1-3,7-8,10,12H,4-6,9H2,(H,14,15). The van der Waals surface area contributed by atoms with Crippen molar-refractivity contribution in [3.63, 3.8) is 0 Å². The van der Waals surface area contributed by atoms with Crippen molar-refractivity contribution in [1.82, 2.24) is 0 Å². The monoisotopic (exact) mass is 220 g/mol. The second kappa shape index (κ2) is 5.01. The van der Waals surface area contributed by atoms with Crippen LogP contribution >= 0.6 is 0 Å². The van der Waals surface area contributed by atoms with Gasteiger partial charge in [-0.15, -0.1) is 0 Å². The molecule has 1 fully saturated rings. The largest absolute Gasteiger partial charge is 0.493 e. The molecule has 0 saturated heterocycles. The molecule has 1 atom stereocenters. The topological polar surface area (TPSA) is 46.5 Å². The van der Waals surface area contributed by atoms with E-state index in [0.29, 0.717) is 5.92 Å². The Bertz CT molecular complexity index is 343. The fraction of sp³-hybridized carbons (Fsp3) is 0.462. The summed E-state index contributed by atoms with van der Waals surface area (Å²) in [4.78, 5) is 11.1. The van der Waals surface area contributed by atoms with Crippen molar-refractivity contribution >= 4 is 5.97 Å². The first-order valence-electron chi connectivity index (χ1n) is 5.68. The molecule has 0 radical (unpaired) electrons. The van der Waals surface area contributed by atoms with E-state index < -0.39 is 5.97 Å². The fourth-order valence-corrected chi connectivity index (χ4v) is 1.95. The summed E-state index contributed by atoms with van der Waals surface area (Å²) in [7, 11) is 0. The van der Waals surface area contributed by atoms with E-state index in [0.717, 1.165) is 25.0 Å². The second-order valence-corrected chi connectivity index (χ2v) is 4.26. The number of carbonyl (C=O) groups is 1. The second-order valence-electron chi connectivity index (χ2n) is 4.26. The van der Waals surface area contributed by atoms with E-state index in [2.05, 4.69) is 0 Å². The van der Waals surface area contributed by atoms with Crippen LogP contribution in [0.1, 0.15) is 19.3 Å². The highest BCUT2D eigenvalue weighted by Crippen LogP contribution is 2.33. The Balaban J connectivity index is 1.89. The fourth-order valence-electron chi connectivity index (χ4n) is 1.95. The number of carboxylic acids is 1. The van der Waals surface area contributed by atoms with Gasteiger partial charge in [-0.3, -0.25) is 4.79 Å². The van der Waals surface area contributed by atoms with Gasteiger partial charge in [-0.2, -0.15) is 0 Å². The molecule has 0 amide bonds. The van der Waals surface area contributed by atoms with Crippen LogP contribution in [0.15, 0.2) is 30.3 Å². The number of para-hydroxylation sites is 1. The molecule has 0 aromatic heterocycles. The van der Waals surface area contributed by atoms with Crippen LogP contribution in [-0.4, -0.2) is 17.7 Å². The zero-order valence-corrected chi connectivity index (χ0v) is 9.13. The molecule has 1 N–H and O–H groups in total.